The third-order valence-electron chi connectivity index (χ3n) is 4.35. The fraction of sp³-hybridized carbons (Fsp3) is 0.667. The topological polar surface area (TPSA) is 15.3 Å². The van der Waals surface area contributed by atoms with E-state index in [-0.39, 0.29) is 11.9 Å². The molecule has 1 unspecified atom stereocenters. The molecule has 120 valence electrons. The number of nitrogens with one attached hydrogen (secondary N) is 1. The first-order valence-electron chi connectivity index (χ1n) is 8.22. The van der Waals surface area contributed by atoms with Gasteiger partial charge in [0.2, 0.25) is 0 Å². The van der Waals surface area contributed by atoms with Gasteiger partial charge in [-0.25, -0.2) is 4.39 Å². The van der Waals surface area contributed by atoms with Crippen molar-refractivity contribution in [1.82, 2.24) is 5.32 Å². The van der Waals surface area contributed by atoms with E-state index >= 15 is 0 Å². The molecule has 0 aliphatic rings. The fourth-order valence-corrected chi connectivity index (χ4v) is 2.84. The summed E-state index contributed by atoms with van der Waals surface area (Å²) in [5.41, 5.74) is 2.92. The van der Waals surface area contributed by atoms with E-state index in [1.165, 1.54) is 0 Å². The van der Waals surface area contributed by atoms with Crippen molar-refractivity contribution in [2.24, 2.45) is 0 Å². The lowest BCUT2D eigenvalue weighted by Gasteiger charge is -2.32. The molecule has 0 bridgehead atoms. The molecule has 0 amide bonds. The molecule has 2 nitrogen and oxygen atoms in total. The Kier molecular flexibility index (Phi) is 7.16. The number of halogens is 1. The van der Waals surface area contributed by atoms with E-state index in [2.05, 4.69) is 45.0 Å². The fourth-order valence-electron chi connectivity index (χ4n) is 2.84. The Hall–Kier alpha value is -1.09. The van der Waals surface area contributed by atoms with Crippen LogP contribution in [0.3, 0.4) is 0 Å². The Balaban J connectivity index is 3.18. The highest BCUT2D eigenvalue weighted by molar-refractivity contribution is 5.57. The Morgan fingerprint density at radius 2 is 1.81 bits per heavy atom. The van der Waals surface area contributed by atoms with Crippen LogP contribution >= 0.6 is 0 Å². The smallest absolute Gasteiger partial charge is 0.126 e. The van der Waals surface area contributed by atoms with Crippen LogP contribution in [0.5, 0.6) is 0 Å². The van der Waals surface area contributed by atoms with Crippen molar-refractivity contribution >= 4 is 5.69 Å². The number of hydrogen-bond donors (Lipinski definition) is 1. The van der Waals surface area contributed by atoms with Crippen LogP contribution in [0.15, 0.2) is 12.1 Å². The van der Waals surface area contributed by atoms with E-state index in [9.17, 15) is 4.39 Å². The number of anilines is 1. The maximum atomic E-state index is 14.0. The second-order valence-electron chi connectivity index (χ2n) is 5.92. The summed E-state index contributed by atoms with van der Waals surface area (Å²) >= 11 is 0. The lowest BCUT2D eigenvalue weighted by Crippen LogP contribution is -2.32. The minimum atomic E-state index is -0.114. The van der Waals surface area contributed by atoms with E-state index in [4.69, 9.17) is 0 Å². The van der Waals surface area contributed by atoms with Gasteiger partial charge in [0, 0.05) is 24.8 Å². The predicted octanol–water partition coefficient (Wildman–Crippen LogP) is 4.82. The molecule has 1 aromatic carbocycles. The van der Waals surface area contributed by atoms with Gasteiger partial charge >= 0.3 is 0 Å². The van der Waals surface area contributed by atoms with Gasteiger partial charge in [0.1, 0.15) is 5.82 Å². The molecule has 0 fully saturated rings. The zero-order valence-corrected chi connectivity index (χ0v) is 14.5. The lowest BCUT2D eigenvalue weighted by atomic mass is 10.00. The highest BCUT2D eigenvalue weighted by Gasteiger charge is 2.19. The molecule has 0 aliphatic carbocycles. The van der Waals surface area contributed by atoms with Gasteiger partial charge in [-0.15, -0.1) is 0 Å². The summed E-state index contributed by atoms with van der Waals surface area (Å²) < 4.78 is 14.0. The Labute approximate surface area is 129 Å². The van der Waals surface area contributed by atoms with Crippen LogP contribution in [0.1, 0.15) is 64.1 Å². The molecule has 1 N–H and O–H groups in total. The molecule has 0 saturated heterocycles. The van der Waals surface area contributed by atoms with Crippen molar-refractivity contribution < 1.29 is 4.39 Å². The monoisotopic (exact) mass is 294 g/mol. The number of nitrogens with zero attached hydrogens (tertiary/aromatic N) is 1. The standard InChI is InChI=1S/C18H31FN2/c1-7-10-20-14(5)16-12-17(19)13(4)11-18(16)21(6)15(8-2)9-3/h11-12,14-15,20H,7-10H2,1-6H3. The Bertz CT molecular complexity index is 441. The van der Waals surface area contributed by atoms with Gasteiger partial charge in [0.15, 0.2) is 0 Å². The van der Waals surface area contributed by atoms with Gasteiger partial charge in [0.25, 0.3) is 0 Å². The van der Waals surface area contributed by atoms with Crippen molar-refractivity contribution in [3.05, 3.63) is 29.1 Å². The molecule has 1 atom stereocenters. The second-order valence-corrected chi connectivity index (χ2v) is 5.92. The minimum Gasteiger partial charge on any atom is -0.371 e. The maximum Gasteiger partial charge on any atom is 0.126 e. The molecule has 0 heterocycles. The minimum absolute atomic E-state index is 0.114. The summed E-state index contributed by atoms with van der Waals surface area (Å²) in [5.74, 6) is -0.114. The third-order valence-corrected chi connectivity index (χ3v) is 4.35. The van der Waals surface area contributed by atoms with E-state index in [1.807, 2.05) is 13.0 Å². The molecule has 1 rings (SSSR count). The first-order valence-corrected chi connectivity index (χ1v) is 8.22. The lowest BCUT2D eigenvalue weighted by molar-refractivity contribution is 0.549. The number of hydrogen-bond acceptors (Lipinski definition) is 2. The average Bonchev–Trinajstić information content (AvgIpc) is 2.48. The van der Waals surface area contributed by atoms with Crippen molar-refractivity contribution in [3.63, 3.8) is 0 Å². The predicted molar refractivity (Wildman–Crippen MR) is 90.6 cm³/mol. The molecule has 21 heavy (non-hydrogen) atoms. The van der Waals surface area contributed by atoms with Gasteiger partial charge in [-0.1, -0.05) is 20.8 Å². The molecule has 0 spiro atoms. The van der Waals surface area contributed by atoms with E-state index in [1.54, 1.807) is 6.07 Å². The molecule has 0 saturated carbocycles. The maximum absolute atomic E-state index is 14.0. The number of aryl methyl sites for hydroxylation is 1. The van der Waals surface area contributed by atoms with Crippen LogP contribution in [-0.4, -0.2) is 19.6 Å². The molecular weight excluding hydrogens is 263 g/mol. The van der Waals surface area contributed by atoms with Crippen molar-refractivity contribution in [2.75, 3.05) is 18.5 Å². The Morgan fingerprint density at radius 3 is 2.33 bits per heavy atom. The van der Waals surface area contributed by atoms with Crippen LogP contribution in [0.25, 0.3) is 0 Å². The normalized spacial score (nSPS) is 12.8. The van der Waals surface area contributed by atoms with Crippen LogP contribution in [-0.2, 0) is 0 Å². The average molecular weight is 294 g/mol. The summed E-state index contributed by atoms with van der Waals surface area (Å²) in [6, 6.07) is 4.35. The number of rotatable bonds is 8. The third kappa shape index (κ3) is 4.44. The van der Waals surface area contributed by atoms with Crippen LogP contribution < -0.4 is 10.2 Å². The quantitative estimate of drug-likeness (QED) is 0.739. The van der Waals surface area contributed by atoms with Gasteiger partial charge in [-0.3, -0.25) is 0 Å². The van der Waals surface area contributed by atoms with E-state index in [0.717, 1.165) is 37.1 Å². The zero-order valence-electron chi connectivity index (χ0n) is 14.5. The largest absolute Gasteiger partial charge is 0.371 e. The SMILES string of the molecule is CCCNC(C)c1cc(F)c(C)cc1N(C)C(CC)CC. The van der Waals surface area contributed by atoms with Gasteiger partial charge in [-0.2, -0.15) is 0 Å². The van der Waals surface area contributed by atoms with Gasteiger partial charge in [0.05, 0.1) is 0 Å². The van der Waals surface area contributed by atoms with Crippen LogP contribution in [0.4, 0.5) is 10.1 Å². The van der Waals surface area contributed by atoms with Gasteiger partial charge in [-0.05, 0) is 62.9 Å². The van der Waals surface area contributed by atoms with Crippen molar-refractivity contribution in [2.45, 2.75) is 66.0 Å². The second kappa shape index (κ2) is 8.38. The van der Waals surface area contributed by atoms with E-state index in [0.29, 0.717) is 11.6 Å². The van der Waals surface area contributed by atoms with Crippen molar-refractivity contribution in [1.29, 1.82) is 0 Å². The molecular formula is C18H31FN2. The first kappa shape index (κ1) is 18.0. The summed E-state index contributed by atoms with van der Waals surface area (Å²) in [7, 11) is 2.13. The molecule has 0 radical (unpaired) electrons. The van der Waals surface area contributed by atoms with Crippen molar-refractivity contribution in [3.8, 4) is 0 Å². The van der Waals surface area contributed by atoms with Gasteiger partial charge < -0.3 is 10.2 Å². The highest BCUT2D eigenvalue weighted by atomic mass is 19.1. The summed E-state index contributed by atoms with van der Waals surface area (Å²) in [6.45, 7) is 11.5. The summed E-state index contributed by atoms with van der Waals surface area (Å²) in [5, 5.41) is 3.47. The first-order chi connectivity index (χ1) is 9.96. The molecule has 3 heteroatoms. The molecule has 0 aromatic heterocycles. The molecule has 0 aliphatic heterocycles. The summed E-state index contributed by atoms with van der Waals surface area (Å²) in [6.07, 6.45) is 3.27. The Morgan fingerprint density at radius 1 is 1.19 bits per heavy atom. The molecule has 1 aromatic rings. The van der Waals surface area contributed by atoms with E-state index < -0.39 is 0 Å². The number of benzene rings is 1. The van der Waals surface area contributed by atoms with Crippen LogP contribution in [0, 0.1) is 12.7 Å². The zero-order chi connectivity index (χ0) is 16.0. The van der Waals surface area contributed by atoms with Crippen LogP contribution in [0.2, 0.25) is 0 Å². The highest BCUT2D eigenvalue weighted by Crippen LogP contribution is 2.31. The summed E-state index contributed by atoms with van der Waals surface area (Å²) in [4.78, 5) is 2.31.